The normalized spacial score (nSPS) is 24.4. The highest BCUT2D eigenvalue weighted by Gasteiger charge is 2.58. The van der Waals surface area contributed by atoms with Gasteiger partial charge in [-0.2, -0.15) is 0 Å². The van der Waals surface area contributed by atoms with E-state index in [1.165, 1.54) is 0 Å². The lowest BCUT2D eigenvalue weighted by molar-refractivity contribution is -0.154. The highest BCUT2D eigenvalue weighted by atomic mass is 79.9. The van der Waals surface area contributed by atoms with Crippen molar-refractivity contribution in [3.63, 3.8) is 0 Å². The molecular formula is C31H41BrN2O4. The maximum Gasteiger partial charge on any atom is 0.326 e. The van der Waals surface area contributed by atoms with Gasteiger partial charge in [-0.25, -0.2) is 4.79 Å². The van der Waals surface area contributed by atoms with Crippen molar-refractivity contribution in [1.82, 2.24) is 10.2 Å². The van der Waals surface area contributed by atoms with Crippen LogP contribution in [0.2, 0.25) is 0 Å². The average molecular weight is 586 g/mol. The summed E-state index contributed by atoms with van der Waals surface area (Å²) in [4.78, 5) is 28.9. The number of carbonyl (C=O) groups excluding carboxylic acids is 1. The molecule has 1 saturated heterocycles. The number of carboxylic acids is 1. The Labute approximate surface area is 235 Å². The molecule has 2 N–H and O–H groups in total. The number of nitrogens with one attached hydrogen (secondary N) is 1. The topological polar surface area (TPSA) is 78.9 Å². The largest absolute Gasteiger partial charge is 0.494 e. The van der Waals surface area contributed by atoms with Gasteiger partial charge in [-0.3, -0.25) is 4.79 Å². The number of rotatable bonds is 8. The summed E-state index contributed by atoms with van der Waals surface area (Å²) in [6, 6.07) is 14.3. The lowest BCUT2D eigenvalue weighted by Gasteiger charge is -2.36. The van der Waals surface area contributed by atoms with Gasteiger partial charge in [-0.15, -0.1) is 0 Å². The molecule has 1 heterocycles. The molecule has 4 atom stereocenters. The molecule has 206 valence electrons. The van der Waals surface area contributed by atoms with E-state index < -0.39 is 18.1 Å². The second kappa shape index (κ2) is 12.2. The highest BCUT2D eigenvalue weighted by Crippen LogP contribution is 2.49. The number of carbonyl (C=O) groups is 2. The number of ether oxygens (including phenoxy) is 1. The van der Waals surface area contributed by atoms with Crippen LogP contribution in [0.4, 0.5) is 0 Å². The van der Waals surface area contributed by atoms with Gasteiger partial charge in [-0.05, 0) is 48.9 Å². The molecule has 1 aliphatic carbocycles. The Morgan fingerprint density at radius 2 is 1.76 bits per heavy atom. The van der Waals surface area contributed by atoms with Crippen LogP contribution in [-0.4, -0.2) is 40.6 Å². The van der Waals surface area contributed by atoms with Gasteiger partial charge >= 0.3 is 5.97 Å². The van der Waals surface area contributed by atoms with Crippen molar-refractivity contribution >= 4 is 27.8 Å². The molecular weight excluding hydrogens is 544 g/mol. The lowest BCUT2D eigenvalue weighted by atomic mass is 9.72. The van der Waals surface area contributed by atoms with Gasteiger partial charge in [0.25, 0.3) is 0 Å². The van der Waals surface area contributed by atoms with E-state index in [0.29, 0.717) is 13.2 Å². The molecule has 2 aromatic carbocycles. The molecule has 7 heteroatoms. The van der Waals surface area contributed by atoms with Gasteiger partial charge in [0, 0.05) is 34.5 Å². The molecule has 0 spiro atoms. The molecule has 38 heavy (non-hydrogen) atoms. The summed E-state index contributed by atoms with van der Waals surface area (Å²) >= 11 is 3.58. The van der Waals surface area contributed by atoms with E-state index in [-0.39, 0.29) is 29.2 Å². The zero-order chi connectivity index (χ0) is 27.4. The summed E-state index contributed by atoms with van der Waals surface area (Å²) in [5, 5.41) is 14.4. The Hall–Kier alpha value is -2.38. The van der Waals surface area contributed by atoms with E-state index in [2.05, 4.69) is 42.0 Å². The van der Waals surface area contributed by atoms with Crippen LogP contribution >= 0.6 is 15.9 Å². The minimum absolute atomic E-state index is 0.0121. The van der Waals surface area contributed by atoms with Gasteiger partial charge < -0.3 is 20.1 Å². The molecule has 2 aromatic rings. The van der Waals surface area contributed by atoms with Gasteiger partial charge in [0.2, 0.25) is 5.91 Å². The van der Waals surface area contributed by atoms with Crippen LogP contribution in [0.1, 0.15) is 77.0 Å². The van der Waals surface area contributed by atoms with Crippen molar-refractivity contribution in [1.29, 1.82) is 0 Å². The second-order valence-electron chi connectivity index (χ2n) is 11.7. The van der Waals surface area contributed by atoms with Crippen molar-refractivity contribution in [2.45, 2.75) is 84.5 Å². The first-order valence-electron chi connectivity index (χ1n) is 13.9. The molecule has 0 bridgehead atoms. The summed E-state index contributed by atoms with van der Waals surface area (Å²) in [7, 11) is 0. The quantitative estimate of drug-likeness (QED) is 0.366. The predicted molar refractivity (Wildman–Crippen MR) is 153 cm³/mol. The number of hydrogen-bond donors (Lipinski definition) is 2. The standard InChI is InChI=1S/C31H41BrN2O4/c1-5-38-24-17-16-23(32)18-22(24)19-33-26-25(31(2,3)4)28(30(36)37)34(27(26)20-12-8-6-9-13-20)29(35)21-14-10-7-11-15-21/h6,8-9,12-13,16-18,21,25-28,33H,5,7,10-11,14-15,19H2,1-4H3,(H,36,37)/t25-,26-,27-,28-/m0/s1. The van der Waals surface area contributed by atoms with Gasteiger partial charge in [-0.1, -0.05) is 86.3 Å². The molecule has 0 radical (unpaired) electrons. The number of halogens is 1. The van der Waals surface area contributed by atoms with Crippen LogP contribution in [0.5, 0.6) is 5.75 Å². The van der Waals surface area contributed by atoms with Gasteiger partial charge in [0.15, 0.2) is 0 Å². The number of likely N-dealkylation sites (tertiary alicyclic amines) is 1. The number of aliphatic carboxylic acids is 1. The molecule has 1 aliphatic heterocycles. The number of nitrogens with zero attached hydrogens (tertiary/aromatic N) is 1. The second-order valence-corrected chi connectivity index (χ2v) is 12.6. The molecule has 1 amide bonds. The fourth-order valence-corrected chi connectivity index (χ4v) is 6.91. The first-order chi connectivity index (χ1) is 18.1. The molecule has 2 aliphatic rings. The Kier molecular flexibility index (Phi) is 9.19. The van der Waals surface area contributed by atoms with E-state index in [0.717, 1.165) is 53.5 Å². The third kappa shape index (κ3) is 6.09. The summed E-state index contributed by atoms with van der Waals surface area (Å²) in [5.74, 6) is -0.570. The van der Waals surface area contributed by atoms with E-state index in [9.17, 15) is 14.7 Å². The minimum Gasteiger partial charge on any atom is -0.494 e. The fraction of sp³-hybridized carbons (Fsp3) is 0.548. The fourth-order valence-electron chi connectivity index (χ4n) is 6.50. The smallest absolute Gasteiger partial charge is 0.326 e. The lowest BCUT2D eigenvalue weighted by Crippen LogP contribution is -2.49. The van der Waals surface area contributed by atoms with Crippen molar-refractivity contribution in [2.24, 2.45) is 17.3 Å². The van der Waals surface area contributed by atoms with Crippen LogP contribution in [0.25, 0.3) is 0 Å². The third-order valence-corrected chi connectivity index (χ3v) is 8.61. The number of benzene rings is 2. The van der Waals surface area contributed by atoms with Crippen LogP contribution in [0.3, 0.4) is 0 Å². The van der Waals surface area contributed by atoms with E-state index in [1.807, 2.05) is 55.5 Å². The molecule has 0 unspecified atom stereocenters. The summed E-state index contributed by atoms with van der Waals surface area (Å²) in [6.45, 7) is 9.27. The van der Waals surface area contributed by atoms with E-state index >= 15 is 0 Å². The molecule has 0 aromatic heterocycles. The van der Waals surface area contributed by atoms with Crippen LogP contribution < -0.4 is 10.1 Å². The Bertz CT molecular complexity index is 1110. The summed E-state index contributed by atoms with van der Waals surface area (Å²) in [6.07, 6.45) is 4.84. The Morgan fingerprint density at radius 1 is 1.08 bits per heavy atom. The van der Waals surface area contributed by atoms with Crippen LogP contribution in [0.15, 0.2) is 53.0 Å². The van der Waals surface area contributed by atoms with E-state index in [1.54, 1.807) is 4.90 Å². The zero-order valence-electron chi connectivity index (χ0n) is 23.0. The Balaban J connectivity index is 1.79. The summed E-state index contributed by atoms with van der Waals surface area (Å²) < 4.78 is 6.84. The molecule has 2 fully saturated rings. The van der Waals surface area contributed by atoms with Crippen molar-refractivity contribution in [3.8, 4) is 5.75 Å². The minimum atomic E-state index is -0.934. The zero-order valence-corrected chi connectivity index (χ0v) is 24.5. The SMILES string of the molecule is CCOc1ccc(Br)cc1CN[C@H]1[C@H](C(C)(C)C)[C@@H](C(=O)O)N(C(=O)C2CCCCC2)[C@H]1c1ccccc1. The number of hydrogen-bond acceptors (Lipinski definition) is 4. The Morgan fingerprint density at radius 3 is 2.37 bits per heavy atom. The van der Waals surface area contributed by atoms with Crippen LogP contribution in [0, 0.1) is 17.3 Å². The predicted octanol–water partition coefficient (Wildman–Crippen LogP) is 6.59. The summed E-state index contributed by atoms with van der Waals surface area (Å²) in [5.41, 5.74) is 1.59. The maximum absolute atomic E-state index is 14.2. The molecule has 1 saturated carbocycles. The highest BCUT2D eigenvalue weighted by molar-refractivity contribution is 9.10. The molecule has 6 nitrogen and oxygen atoms in total. The van der Waals surface area contributed by atoms with Crippen molar-refractivity contribution in [3.05, 3.63) is 64.1 Å². The van der Waals surface area contributed by atoms with Gasteiger partial charge in [0.1, 0.15) is 11.8 Å². The monoisotopic (exact) mass is 584 g/mol. The number of amides is 1. The first-order valence-corrected chi connectivity index (χ1v) is 14.7. The van der Waals surface area contributed by atoms with E-state index in [4.69, 9.17) is 4.74 Å². The van der Waals surface area contributed by atoms with Gasteiger partial charge in [0.05, 0.1) is 12.6 Å². The molecule has 4 rings (SSSR count). The maximum atomic E-state index is 14.2. The average Bonchev–Trinajstić information content (AvgIpc) is 3.25. The van der Waals surface area contributed by atoms with Crippen molar-refractivity contribution in [2.75, 3.05) is 6.61 Å². The van der Waals surface area contributed by atoms with Crippen molar-refractivity contribution < 1.29 is 19.4 Å². The van der Waals surface area contributed by atoms with Crippen LogP contribution in [-0.2, 0) is 16.1 Å². The first kappa shape index (κ1) is 28.6. The number of carboxylic acid groups (broad SMARTS) is 1. The third-order valence-electron chi connectivity index (χ3n) is 8.12.